The highest BCUT2D eigenvalue weighted by Crippen LogP contribution is 2.42. The van der Waals surface area contributed by atoms with Gasteiger partial charge in [0.15, 0.2) is 0 Å². The normalized spacial score (nSPS) is 19.4. The molecule has 0 unspecified atom stereocenters. The summed E-state index contributed by atoms with van der Waals surface area (Å²) in [4.78, 5) is 23.3. The molecule has 0 spiro atoms. The van der Waals surface area contributed by atoms with E-state index in [1.807, 2.05) is 19.1 Å². The molecule has 9 heteroatoms. The van der Waals surface area contributed by atoms with Crippen molar-refractivity contribution in [3.05, 3.63) is 71.3 Å². The predicted molar refractivity (Wildman–Crippen MR) is 132 cm³/mol. The van der Waals surface area contributed by atoms with Crippen LogP contribution >= 0.6 is 0 Å². The average Bonchev–Trinajstić information content (AvgIpc) is 2.88. The highest BCUT2D eigenvalue weighted by Gasteiger charge is 2.35. The van der Waals surface area contributed by atoms with Crippen molar-refractivity contribution in [3.63, 3.8) is 0 Å². The molecule has 0 aliphatic carbocycles. The van der Waals surface area contributed by atoms with Crippen molar-refractivity contribution in [2.24, 2.45) is 0 Å². The number of benzene rings is 1. The van der Waals surface area contributed by atoms with E-state index in [9.17, 15) is 13.6 Å². The topological polar surface area (TPSA) is 76.6 Å². The van der Waals surface area contributed by atoms with E-state index >= 15 is 0 Å². The van der Waals surface area contributed by atoms with E-state index in [0.717, 1.165) is 54.0 Å². The van der Waals surface area contributed by atoms with Gasteiger partial charge in [0.05, 0.1) is 37.2 Å². The number of methoxy groups -OCH3 is 1. The Morgan fingerprint density at radius 3 is 2.83 bits per heavy atom. The number of nitrogens with one attached hydrogen (secondary N) is 1. The van der Waals surface area contributed by atoms with Crippen molar-refractivity contribution in [1.82, 2.24) is 9.97 Å². The Balaban J connectivity index is 1.45. The second-order valence-corrected chi connectivity index (χ2v) is 9.28. The van der Waals surface area contributed by atoms with E-state index in [1.165, 1.54) is 12.3 Å². The van der Waals surface area contributed by atoms with E-state index in [4.69, 9.17) is 9.47 Å². The number of alkyl halides is 2. The summed E-state index contributed by atoms with van der Waals surface area (Å²) in [6.45, 7) is 4.83. The van der Waals surface area contributed by atoms with Crippen LogP contribution in [0.1, 0.15) is 46.8 Å². The lowest BCUT2D eigenvalue weighted by Crippen LogP contribution is -2.49. The van der Waals surface area contributed by atoms with Crippen LogP contribution < -0.4 is 10.2 Å². The SMILES string of the molecule is CO[C@@H]1C[C@H]2COCCN2c2cc(-c3cc(NC(=O)c4ccnc(C(C)(F)F)c4)cnc3C)ccc21. The van der Waals surface area contributed by atoms with Crippen LogP contribution in [0, 0.1) is 6.92 Å². The first-order chi connectivity index (χ1) is 17.2. The summed E-state index contributed by atoms with van der Waals surface area (Å²) < 4.78 is 38.8. The summed E-state index contributed by atoms with van der Waals surface area (Å²) in [6.07, 6.45) is 3.65. The van der Waals surface area contributed by atoms with Gasteiger partial charge in [-0.05, 0) is 36.8 Å². The Labute approximate surface area is 208 Å². The molecule has 188 valence electrons. The van der Waals surface area contributed by atoms with Crippen LogP contribution in [0.3, 0.4) is 0 Å². The van der Waals surface area contributed by atoms with Crippen LogP contribution in [-0.4, -0.2) is 48.8 Å². The van der Waals surface area contributed by atoms with Crippen LogP contribution in [0.4, 0.5) is 20.2 Å². The molecule has 0 radical (unpaired) electrons. The largest absolute Gasteiger partial charge is 0.377 e. The molecule has 2 aliphatic rings. The van der Waals surface area contributed by atoms with Crippen molar-refractivity contribution in [1.29, 1.82) is 0 Å². The third-order valence-electron chi connectivity index (χ3n) is 6.81. The van der Waals surface area contributed by atoms with Crippen molar-refractivity contribution in [2.45, 2.75) is 38.3 Å². The molecule has 3 aromatic rings. The smallest absolute Gasteiger partial charge is 0.286 e. The van der Waals surface area contributed by atoms with E-state index in [2.05, 4.69) is 32.3 Å². The third kappa shape index (κ3) is 4.68. The molecule has 2 aliphatic heterocycles. The maximum atomic E-state index is 13.7. The van der Waals surface area contributed by atoms with Gasteiger partial charge in [-0.25, -0.2) is 0 Å². The Morgan fingerprint density at radius 2 is 2.06 bits per heavy atom. The highest BCUT2D eigenvalue weighted by molar-refractivity contribution is 6.04. The summed E-state index contributed by atoms with van der Waals surface area (Å²) in [5.41, 5.74) is 5.03. The Hall–Kier alpha value is -3.43. The number of pyridine rings is 2. The van der Waals surface area contributed by atoms with E-state index in [0.29, 0.717) is 18.9 Å². The standard InChI is InChI=1S/C27H28F2N4O3/c1-16-22(12-19(14-31-16)32-26(34)18-6-7-30-25(11-18)27(2,28)29)17-4-5-21-23(10-17)33-8-9-36-15-20(33)13-24(21)35-3/h4-7,10-12,14,20,24H,8-9,13,15H2,1-3H3,(H,32,34)/t20-,24+/m0/s1. The number of nitrogens with zero attached hydrogens (tertiary/aromatic N) is 3. The number of anilines is 2. The van der Waals surface area contributed by atoms with Gasteiger partial charge in [-0.2, -0.15) is 8.78 Å². The van der Waals surface area contributed by atoms with Gasteiger partial charge in [0.25, 0.3) is 11.8 Å². The number of aromatic nitrogens is 2. The molecule has 36 heavy (non-hydrogen) atoms. The van der Waals surface area contributed by atoms with Gasteiger partial charge in [0.2, 0.25) is 0 Å². The summed E-state index contributed by atoms with van der Waals surface area (Å²) in [7, 11) is 1.73. The van der Waals surface area contributed by atoms with Crippen LogP contribution in [0.2, 0.25) is 0 Å². The molecule has 1 fully saturated rings. The van der Waals surface area contributed by atoms with Gasteiger partial charge in [-0.3, -0.25) is 14.8 Å². The Morgan fingerprint density at radius 1 is 1.22 bits per heavy atom. The number of halogens is 2. The third-order valence-corrected chi connectivity index (χ3v) is 6.81. The Kier molecular flexibility index (Phi) is 6.44. The molecule has 1 aromatic carbocycles. The fraction of sp³-hybridized carbons (Fsp3) is 0.370. The van der Waals surface area contributed by atoms with Crippen molar-refractivity contribution in [2.75, 3.05) is 37.1 Å². The highest BCUT2D eigenvalue weighted by atomic mass is 19.3. The maximum absolute atomic E-state index is 13.7. The van der Waals surface area contributed by atoms with Gasteiger partial charge in [-0.1, -0.05) is 12.1 Å². The van der Waals surface area contributed by atoms with Crippen LogP contribution in [0.15, 0.2) is 48.8 Å². The van der Waals surface area contributed by atoms with Gasteiger partial charge in [0, 0.05) is 61.3 Å². The maximum Gasteiger partial charge on any atom is 0.286 e. The fourth-order valence-corrected chi connectivity index (χ4v) is 4.91. The number of morpholine rings is 1. The quantitative estimate of drug-likeness (QED) is 0.531. The molecule has 5 rings (SSSR count). The number of carbonyl (C=O) groups excluding carboxylic acids is 1. The van der Waals surface area contributed by atoms with Crippen LogP contribution in [-0.2, 0) is 15.4 Å². The van der Waals surface area contributed by atoms with Gasteiger partial charge < -0.3 is 19.7 Å². The van der Waals surface area contributed by atoms with Crippen LogP contribution in [0.25, 0.3) is 11.1 Å². The molecular weight excluding hydrogens is 466 g/mol. The van der Waals surface area contributed by atoms with Gasteiger partial charge in [-0.15, -0.1) is 0 Å². The molecule has 7 nitrogen and oxygen atoms in total. The summed E-state index contributed by atoms with van der Waals surface area (Å²) in [6, 6.07) is 10.9. The predicted octanol–water partition coefficient (Wildman–Crippen LogP) is 5.11. The number of ether oxygens (including phenoxy) is 2. The summed E-state index contributed by atoms with van der Waals surface area (Å²) in [5.74, 6) is -3.65. The first-order valence-electron chi connectivity index (χ1n) is 11.9. The van der Waals surface area contributed by atoms with E-state index in [1.54, 1.807) is 13.3 Å². The molecule has 0 bridgehead atoms. The first-order valence-corrected chi connectivity index (χ1v) is 11.9. The summed E-state index contributed by atoms with van der Waals surface area (Å²) >= 11 is 0. The second-order valence-electron chi connectivity index (χ2n) is 9.28. The molecular formula is C27H28F2N4O3. The number of fused-ring (bicyclic) bond motifs is 3. The van der Waals surface area contributed by atoms with Crippen molar-refractivity contribution >= 4 is 17.3 Å². The minimum absolute atomic E-state index is 0.00240. The number of hydrogen-bond donors (Lipinski definition) is 1. The van der Waals surface area contributed by atoms with Crippen LogP contribution in [0.5, 0.6) is 0 Å². The van der Waals surface area contributed by atoms with E-state index in [-0.39, 0.29) is 17.7 Å². The minimum atomic E-state index is -3.14. The van der Waals surface area contributed by atoms with Crippen molar-refractivity contribution < 1.29 is 23.0 Å². The number of aryl methyl sites for hydroxylation is 1. The zero-order valence-electron chi connectivity index (χ0n) is 20.4. The molecule has 1 amide bonds. The first kappa shape index (κ1) is 24.3. The number of amides is 1. The molecule has 0 saturated carbocycles. The van der Waals surface area contributed by atoms with Crippen molar-refractivity contribution in [3.8, 4) is 11.1 Å². The molecule has 2 aromatic heterocycles. The van der Waals surface area contributed by atoms with Gasteiger partial charge >= 0.3 is 0 Å². The van der Waals surface area contributed by atoms with Gasteiger partial charge in [0.1, 0.15) is 5.69 Å². The lowest BCUT2D eigenvalue weighted by atomic mass is 9.90. The molecule has 4 heterocycles. The van der Waals surface area contributed by atoms with E-state index < -0.39 is 17.5 Å². The zero-order valence-corrected chi connectivity index (χ0v) is 20.4. The zero-order chi connectivity index (χ0) is 25.4. The minimum Gasteiger partial charge on any atom is -0.377 e. The number of rotatable bonds is 5. The lowest BCUT2D eigenvalue weighted by molar-refractivity contribution is 0.0127. The molecule has 1 saturated heterocycles. The number of hydrogen-bond acceptors (Lipinski definition) is 6. The fourth-order valence-electron chi connectivity index (χ4n) is 4.91. The second kappa shape index (κ2) is 9.55. The lowest BCUT2D eigenvalue weighted by Gasteiger charge is -2.44. The Bertz CT molecular complexity index is 1290. The molecule has 1 N–H and O–H groups in total. The number of carbonyl (C=O) groups is 1. The summed E-state index contributed by atoms with van der Waals surface area (Å²) in [5, 5.41) is 2.78. The monoisotopic (exact) mass is 494 g/mol. The average molecular weight is 495 g/mol. The molecule has 2 atom stereocenters.